The zero-order valence-corrected chi connectivity index (χ0v) is 18.0. The lowest BCUT2D eigenvalue weighted by Gasteiger charge is -2.13. The van der Waals surface area contributed by atoms with Crippen LogP contribution in [-0.4, -0.2) is 25.2 Å². The number of nitrogens with one attached hydrogen (secondary N) is 2. The van der Waals surface area contributed by atoms with Gasteiger partial charge in [0.05, 0.1) is 7.11 Å². The number of anilines is 1. The number of ether oxygens (including phenoxy) is 1. The normalized spacial score (nSPS) is 14.6. The summed E-state index contributed by atoms with van der Waals surface area (Å²) >= 11 is 0. The van der Waals surface area contributed by atoms with Crippen molar-refractivity contribution in [2.75, 3.05) is 12.4 Å². The standard InChI is InChI=1S/C26H26N2O3/c1-16-4-7-18(8-5-16)23-11-6-17(2)12-24(23)25(29)27-21-10-9-19-13-22(15-20(19)14-21)28-26(30)31-3/h4-12,14,22H,13,15H2,1-3H3,(H,27,29)(H,28,30)/t22-/m1/s1. The summed E-state index contributed by atoms with van der Waals surface area (Å²) in [5, 5.41) is 5.90. The quantitative estimate of drug-likeness (QED) is 0.628. The van der Waals surface area contributed by atoms with Crippen LogP contribution in [-0.2, 0) is 17.6 Å². The Morgan fingerprint density at radius 3 is 2.32 bits per heavy atom. The molecule has 158 valence electrons. The average molecular weight is 415 g/mol. The van der Waals surface area contributed by atoms with Crippen molar-refractivity contribution < 1.29 is 14.3 Å². The van der Waals surface area contributed by atoms with Gasteiger partial charge in [0.1, 0.15) is 0 Å². The third kappa shape index (κ3) is 4.61. The van der Waals surface area contributed by atoms with E-state index >= 15 is 0 Å². The minimum Gasteiger partial charge on any atom is -0.453 e. The highest BCUT2D eigenvalue weighted by molar-refractivity contribution is 6.09. The predicted octanol–water partition coefficient (Wildman–Crippen LogP) is 5.05. The highest BCUT2D eigenvalue weighted by Gasteiger charge is 2.24. The molecular weight excluding hydrogens is 388 g/mol. The second kappa shape index (κ2) is 8.64. The number of alkyl carbamates (subject to hydrolysis) is 1. The molecule has 0 aromatic heterocycles. The first kappa shape index (κ1) is 20.7. The Morgan fingerprint density at radius 1 is 0.871 bits per heavy atom. The Kier molecular flexibility index (Phi) is 5.76. The Hall–Kier alpha value is -3.60. The van der Waals surface area contributed by atoms with Gasteiger partial charge in [-0.25, -0.2) is 4.79 Å². The summed E-state index contributed by atoms with van der Waals surface area (Å²) in [6.07, 6.45) is 1.05. The van der Waals surface area contributed by atoms with E-state index in [2.05, 4.69) is 22.8 Å². The Labute approximate surface area is 182 Å². The first-order chi connectivity index (χ1) is 14.9. The molecule has 0 bridgehead atoms. The summed E-state index contributed by atoms with van der Waals surface area (Å²) in [5.74, 6) is -0.138. The number of rotatable bonds is 4. The molecule has 3 aromatic rings. The van der Waals surface area contributed by atoms with Gasteiger partial charge in [0.2, 0.25) is 0 Å². The lowest BCUT2D eigenvalue weighted by atomic mass is 9.96. The van der Waals surface area contributed by atoms with Crippen molar-refractivity contribution in [3.63, 3.8) is 0 Å². The van der Waals surface area contributed by atoms with Crippen molar-refractivity contribution in [3.8, 4) is 11.1 Å². The average Bonchev–Trinajstić information content (AvgIpc) is 3.15. The fourth-order valence-electron chi connectivity index (χ4n) is 4.05. The first-order valence-corrected chi connectivity index (χ1v) is 10.4. The fourth-order valence-corrected chi connectivity index (χ4v) is 4.05. The Balaban J connectivity index is 1.55. The number of carbonyl (C=O) groups excluding carboxylic acids is 2. The van der Waals surface area contributed by atoms with Crippen LogP contribution < -0.4 is 10.6 Å². The molecule has 31 heavy (non-hydrogen) atoms. The molecule has 0 saturated carbocycles. The van der Waals surface area contributed by atoms with Crippen LogP contribution in [0.4, 0.5) is 10.5 Å². The summed E-state index contributed by atoms with van der Waals surface area (Å²) < 4.78 is 4.69. The third-order valence-corrected chi connectivity index (χ3v) is 5.69. The summed E-state index contributed by atoms with van der Waals surface area (Å²) in [6.45, 7) is 4.03. The minimum absolute atomic E-state index is 0.0123. The second-order valence-electron chi connectivity index (χ2n) is 8.09. The maximum atomic E-state index is 13.2. The molecule has 1 aliphatic carbocycles. The zero-order valence-electron chi connectivity index (χ0n) is 18.0. The molecule has 2 N–H and O–H groups in total. The molecule has 0 heterocycles. The lowest BCUT2D eigenvalue weighted by molar-refractivity contribution is 0.102. The number of hydrogen-bond donors (Lipinski definition) is 2. The van der Waals surface area contributed by atoms with Gasteiger partial charge in [-0.2, -0.15) is 0 Å². The molecule has 3 aromatic carbocycles. The van der Waals surface area contributed by atoms with Crippen LogP contribution in [0.25, 0.3) is 11.1 Å². The predicted molar refractivity (Wildman–Crippen MR) is 122 cm³/mol. The number of carbonyl (C=O) groups is 2. The van der Waals surface area contributed by atoms with Gasteiger partial charge in [-0.3, -0.25) is 4.79 Å². The van der Waals surface area contributed by atoms with Gasteiger partial charge in [0, 0.05) is 17.3 Å². The number of methoxy groups -OCH3 is 1. The zero-order chi connectivity index (χ0) is 22.0. The summed E-state index contributed by atoms with van der Waals surface area (Å²) in [6, 6.07) is 20.1. The molecule has 0 aliphatic heterocycles. The maximum absolute atomic E-state index is 13.2. The molecule has 0 spiro atoms. The van der Waals surface area contributed by atoms with Crippen LogP contribution in [0.15, 0.2) is 60.7 Å². The van der Waals surface area contributed by atoms with Gasteiger partial charge in [-0.15, -0.1) is 0 Å². The molecule has 5 nitrogen and oxygen atoms in total. The van der Waals surface area contributed by atoms with Crippen LogP contribution in [0, 0.1) is 13.8 Å². The molecule has 2 amide bonds. The summed E-state index contributed by atoms with van der Waals surface area (Å²) in [7, 11) is 1.36. The molecule has 0 saturated heterocycles. The number of aryl methyl sites for hydroxylation is 2. The van der Waals surface area contributed by atoms with Gasteiger partial charge in [0.15, 0.2) is 0 Å². The number of benzene rings is 3. The SMILES string of the molecule is COC(=O)N[C@@H]1Cc2ccc(NC(=O)c3cc(C)ccc3-c3ccc(C)cc3)cc2C1. The van der Waals surface area contributed by atoms with Gasteiger partial charge in [0.25, 0.3) is 5.91 Å². The van der Waals surface area contributed by atoms with E-state index in [9.17, 15) is 9.59 Å². The third-order valence-electron chi connectivity index (χ3n) is 5.69. The lowest BCUT2D eigenvalue weighted by Crippen LogP contribution is -2.35. The Bertz CT molecular complexity index is 1140. The van der Waals surface area contributed by atoms with E-state index in [0.717, 1.165) is 34.4 Å². The van der Waals surface area contributed by atoms with E-state index in [1.807, 2.05) is 62.4 Å². The van der Waals surface area contributed by atoms with Gasteiger partial charge < -0.3 is 15.4 Å². The van der Waals surface area contributed by atoms with E-state index < -0.39 is 6.09 Å². The highest BCUT2D eigenvalue weighted by atomic mass is 16.5. The van der Waals surface area contributed by atoms with E-state index in [1.165, 1.54) is 18.2 Å². The largest absolute Gasteiger partial charge is 0.453 e. The van der Waals surface area contributed by atoms with Crippen molar-refractivity contribution >= 4 is 17.7 Å². The van der Waals surface area contributed by atoms with Gasteiger partial charge in [-0.1, -0.05) is 53.6 Å². The minimum atomic E-state index is -0.422. The van der Waals surface area contributed by atoms with Crippen molar-refractivity contribution in [3.05, 3.63) is 88.5 Å². The summed E-state index contributed by atoms with van der Waals surface area (Å²) in [4.78, 5) is 24.7. The fraction of sp³-hybridized carbons (Fsp3) is 0.231. The van der Waals surface area contributed by atoms with Crippen molar-refractivity contribution in [1.82, 2.24) is 5.32 Å². The van der Waals surface area contributed by atoms with Gasteiger partial charge in [-0.05, 0) is 67.1 Å². The van der Waals surface area contributed by atoms with Crippen LogP contribution >= 0.6 is 0 Å². The highest BCUT2D eigenvalue weighted by Crippen LogP contribution is 2.28. The maximum Gasteiger partial charge on any atom is 0.407 e. The molecule has 0 unspecified atom stereocenters. The van der Waals surface area contributed by atoms with E-state index in [4.69, 9.17) is 4.74 Å². The first-order valence-electron chi connectivity index (χ1n) is 10.4. The van der Waals surface area contributed by atoms with Crippen molar-refractivity contribution in [2.45, 2.75) is 32.7 Å². The molecule has 1 atom stereocenters. The van der Waals surface area contributed by atoms with E-state index in [-0.39, 0.29) is 11.9 Å². The Morgan fingerprint density at radius 2 is 1.58 bits per heavy atom. The van der Waals surface area contributed by atoms with Crippen LogP contribution in [0.5, 0.6) is 0 Å². The molecular formula is C26H26N2O3. The summed E-state index contributed by atoms with van der Waals surface area (Å²) in [5.41, 5.74) is 7.84. The molecule has 0 radical (unpaired) electrons. The number of amides is 2. The molecule has 1 aliphatic rings. The molecule has 4 rings (SSSR count). The van der Waals surface area contributed by atoms with Crippen LogP contribution in [0.1, 0.15) is 32.6 Å². The topological polar surface area (TPSA) is 67.4 Å². The van der Waals surface area contributed by atoms with E-state index in [1.54, 1.807) is 0 Å². The second-order valence-corrected chi connectivity index (χ2v) is 8.09. The monoisotopic (exact) mass is 414 g/mol. The van der Waals surface area contributed by atoms with Crippen LogP contribution in [0.2, 0.25) is 0 Å². The van der Waals surface area contributed by atoms with Crippen molar-refractivity contribution in [1.29, 1.82) is 0 Å². The molecule has 0 fully saturated rings. The van der Waals surface area contributed by atoms with Crippen LogP contribution in [0.3, 0.4) is 0 Å². The number of hydrogen-bond acceptors (Lipinski definition) is 3. The van der Waals surface area contributed by atoms with Gasteiger partial charge >= 0.3 is 6.09 Å². The molecule has 5 heteroatoms. The smallest absolute Gasteiger partial charge is 0.407 e. The van der Waals surface area contributed by atoms with E-state index in [0.29, 0.717) is 12.0 Å². The van der Waals surface area contributed by atoms with Crippen molar-refractivity contribution in [2.24, 2.45) is 0 Å². The number of fused-ring (bicyclic) bond motifs is 1.